The van der Waals surface area contributed by atoms with Gasteiger partial charge < -0.3 is 9.84 Å². The summed E-state index contributed by atoms with van der Waals surface area (Å²) in [5.74, 6) is -0.407. The number of carboxylic acids is 1. The van der Waals surface area contributed by atoms with E-state index in [1.165, 1.54) is 12.1 Å². The fourth-order valence-corrected chi connectivity index (χ4v) is 2.01. The molecule has 0 spiro atoms. The molecular weight excluding hydrogens is 294 g/mol. The van der Waals surface area contributed by atoms with Crippen molar-refractivity contribution in [3.8, 4) is 5.75 Å². The van der Waals surface area contributed by atoms with Crippen LogP contribution in [0.2, 0.25) is 0 Å². The lowest BCUT2D eigenvalue weighted by Crippen LogP contribution is -1.99. The Labute approximate surface area is 125 Å². The predicted octanol–water partition coefficient (Wildman–Crippen LogP) is 2.54. The normalized spacial score (nSPS) is 10.7. The standard InChI is InChI=1S/C13H15N3O6/c17-11(18)5-3-1-2-4-8-21-10-7-6-9(16(19)20)12-13(10)15-22-14-12/h6-7H,1-5,8H2,(H,17,18). The first-order valence-electron chi connectivity index (χ1n) is 6.84. The molecule has 0 bridgehead atoms. The molecule has 0 fully saturated rings. The molecule has 0 saturated carbocycles. The fourth-order valence-electron chi connectivity index (χ4n) is 2.01. The van der Waals surface area contributed by atoms with E-state index in [-0.39, 0.29) is 23.1 Å². The second-order valence-electron chi connectivity index (χ2n) is 4.71. The molecule has 0 atom stereocenters. The van der Waals surface area contributed by atoms with E-state index in [1.54, 1.807) is 0 Å². The fraction of sp³-hybridized carbons (Fsp3) is 0.462. The van der Waals surface area contributed by atoms with Crippen LogP contribution in [0.4, 0.5) is 5.69 Å². The van der Waals surface area contributed by atoms with Crippen LogP contribution >= 0.6 is 0 Å². The smallest absolute Gasteiger partial charge is 0.303 e. The molecule has 22 heavy (non-hydrogen) atoms. The van der Waals surface area contributed by atoms with E-state index in [4.69, 9.17) is 9.84 Å². The maximum Gasteiger partial charge on any atom is 0.303 e. The molecule has 1 N–H and O–H groups in total. The van der Waals surface area contributed by atoms with Crippen molar-refractivity contribution in [1.29, 1.82) is 0 Å². The second-order valence-corrected chi connectivity index (χ2v) is 4.71. The summed E-state index contributed by atoms with van der Waals surface area (Å²) in [5.41, 5.74) is 0.0984. The van der Waals surface area contributed by atoms with Gasteiger partial charge in [-0.05, 0) is 29.2 Å². The van der Waals surface area contributed by atoms with Crippen LogP contribution in [-0.2, 0) is 4.79 Å². The van der Waals surface area contributed by atoms with Gasteiger partial charge in [0.1, 0.15) is 0 Å². The van der Waals surface area contributed by atoms with E-state index >= 15 is 0 Å². The van der Waals surface area contributed by atoms with E-state index in [9.17, 15) is 14.9 Å². The highest BCUT2D eigenvalue weighted by molar-refractivity contribution is 5.88. The van der Waals surface area contributed by atoms with Crippen molar-refractivity contribution >= 4 is 22.7 Å². The highest BCUT2D eigenvalue weighted by atomic mass is 16.6. The average Bonchev–Trinajstić information content (AvgIpc) is 2.95. The number of aromatic nitrogens is 2. The Balaban J connectivity index is 1.85. The number of benzene rings is 1. The first-order valence-corrected chi connectivity index (χ1v) is 6.84. The van der Waals surface area contributed by atoms with Crippen molar-refractivity contribution in [2.24, 2.45) is 0 Å². The number of non-ortho nitro benzene ring substituents is 1. The number of ether oxygens (including phenoxy) is 1. The van der Waals surface area contributed by atoms with Gasteiger partial charge in [0.2, 0.25) is 5.52 Å². The summed E-state index contributed by atoms with van der Waals surface area (Å²) < 4.78 is 10.1. The number of aliphatic carboxylic acids is 1. The van der Waals surface area contributed by atoms with Crippen LogP contribution in [0.25, 0.3) is 11.0 Å². The first-order chi connectivity index (χ1) is 10.6. The number of fused-ring (bicyclic) bond motifs is 1. The Bertz CT molecular complexity index is 669. The molecule has 0 amide bonds. The van der Waals surface area contributed by atoms with Crippen molar-refractivity contribution in [3.05, 3.63) is 22.2 Å². The molecule has 1 aromatic carbocycles. The number of nitrogens with zero attached hydrogens (tertiary/aromatic N) is 3. The number of carbonyl (C=O) groups is 1. The van der Waals surface area contributed by atoms with Crippen LogP contribution in [0.5, 0.6) is 5.75 Å². The third-order valence-corrected chi connectivity index (χ3v) is 3.10. The second kappa shape index (κ2) is 7.34. The lowest BCUT2D eigenvalue weighted by molar-refractivity contribution is -0.383. The summed E-state index contributed by atoms with van der Waals surface area (Å²) in [6, 6.07) is 2.77. The summed E-state index contributed by atoms with van der Waals surface area (Å²) in [5, 5.41) is 26.5. The third-order valence-electron chi connectivity index (χ3n) is 3.10. The Morgan fingerprint density at radius 1 is 1.23 bits per heavy atom. The lowest BCUT2D eigenvalue weighted by Gasteiger charge is -2.05. The van der Waals surface area contributed by atoms with E-state index in [2.05, 4.69) is 14.9 Å². The van der Waals surface area contributed by atoms with Crippen LogP contribution in [0.3, 0.4) is 0 Å². The van der Waals surface area contributed by atoms with Crippen LogP contribution in [-0.4, -0.2) is 32.9 Å². The molecule has 0 saturated heterocycles. The number of carboxylic acid groups (broad SMARTS) is 1. The topological polar surface area (TPSA) is 129 Å². The molecule has 0 aliphatic rings. The first kappa shape index (κ1) is 15.7. The van der Waals surface area contributed by atoms with Crippen LogP contribution in [0.1, 0.15) is 32.1 Å². The predicted molar refractivity (Wildman–Crippen MR) is 74.7 cm³/mol. The van der Waals surface area contributed by atoms with Gasteiger partial charge in [0.05, 0.1) is 11.5 Å². The Morgan fingerprint density at radius 2 is 1.95 bits per heavy atom. The molecule has 0 aliphatic heterocycles. The highest BCUT2D eigenvalue weighted by Gasteiger charge is 2.20. The van der Waals surface area contributed by atoms with Crippen LogP contribution in [0, 0.1) is 10.1 Å². The maximum absolute atomic E-state index is 10.8. The van der Waals surface area contributed by atoms with Gasteiger partial charge in [-0.3, -0.25) is 14.9 Å². The number of nitro benzene ring substituents is 1. The van der Waals surface area contributed by atoms with Crippen molar-refractivity contribution in [1.82, 2.24) is 10.3 Å². The largest absolute Gasteiger partial charge is 0.491 e. The maximum atomic E-state index is 10.8. The number of hydrogen-bond acceptors (Lipinski definition) is 7. The van der Waals surface area contributed by atoms with Gasteiger partial charge in [-0.25, -0.2) is 4.63 Å². The van der Waals surface area contributed by atoms with E-state index in [1.807, 2.05) is 0 Å². The summed E-state index contributed by atoms with van der Waals surface area (Å²) in [7, 11) is 0. The summed E-state index contributed by atoms with van der Waals surface area (Å²) in [6.07, 6.45) is 3.24. The minimum absolute atomic E-state index is 0.0592. The van der Waals surface area contributed by atoms with Crippen LogP contribution in [0.15, 0.2) is 16.8 Å². The zero-order valence-corrected chi connectivity index (χ0v) is 11.7. The van der Waals surface area contributed by atoms with Gasteiger partial charge in [-0.1, -0.05) is 12.8 Å². The average molecular weight is 309 g/mol. The Morgan fingerprint density at radius 3 is 2.68 bits per heavy atom. The molecule has 2 aromatic rings. The molecule has 2 rings (SSSR count). The summed E-state index contributed by atoms with van der Waals surface area (Å²) >= 11 is 0. The molecule has 0 aliphatic carbocycles. The summed E-state index contributed by atoms with van der Waals surface area (Å²) in [6.45, 7) is 0.410. The number of rotatable bonds is 9. The molecule has 1 heterocycles. The van der Waals surface area contributed by atoms with Crippen LogP contribution < -0.4 is 4.74 Å². The van der Waals surface area contributed by atoms with Crippen molar-refractivity contribution in [3.63, 3.8) is 0 Å². The Hall–Kier alpha value is -2.71. The minimum atomic E-state index is -0.789. The zero-order chi connectivity index (χ0) is 15.9. The van der Waals surface area contributed by atoms with Gasteiger partial charge in [0.15, 0.2) is 11.3 Å². The molecule has 9 nitrogen and oxygen atoms in total. The minimum Gasteiger partial charge on any atom is -0.491 e. The van der Waals surface area contributed by atoms with Gasteiger partial charge in [-0.15, -0.1) is 0 Å². The number of nitro groups is 1. The zero-order valence-electron chi connectivity index (χ0n) is 11.7. The van der Waals surface area contributed by atoms with Crippen molar-refractivity contribution < 1.29 is 24.2 Å². The molecule has 0 radical (unpaired) electrons. The SMILES string of the molecule is O=C(O)CCCCCCOc1ccc([N+](=O)[O-])c2nonc12. The van der Waals surface area contributed by atoms with E-state index in [0.717, 1.165) is 19.3 Å². The molecular formula is C13H15N3O6. The molecule has 118 valence electrons. The van der Waals surface area contributed by atoms with E-state index in [0.29, 0.717) is 18.8 Å². The van der Waals surface area contributed by atoms with Gasteiger partial charge in [-0.2, -0.15) is 0 Å². The summed E-state index contributed by atoms with van der Waals surface area (Å²) in [4.78, 5) is 20.6. The van der Waals surface area contributed by atoms with Crippen molar-refractivity contribution in [2.75, 3.05) is 6.61 Å². The third kappa shape index (κ3) is 3.90. The van der Waals surface area contributed by atoms with E-state index < -0.39 is 10.9 Å². The monoisotopic (exact) mass is 309 g/mol. The Kier molecular flexibility index (Phi) is 5.23. The highest BCUT2D eigenvalue weighted by Crippen LogP contribution is 2.30. The van der Waals surface area contributed by atoms with Gasteiger partial charge in [0, 0.05) is 12.5 Å². The number of unbranched alkanes of at least 4 members (excludes halogenated alkanes) is 3. The van der Waals surface area contributed by atoms with Gasteiger partial charge >= 0.3 is 11.7 Å². The quantitative estimate of drug-likeness (QED) is 0.425. The number of hydrogen-bond donors (Lipinski definition) is 1. The molecule has 0 unspecified atom stereocenters. The lowest BCUT2D eigenvalue weighted by atomic mass is 10.1. The van der Waals surface area contributed by atoms with Gasteiger partial charge in [0.25, 0.3) is 0 Å². The molecule has 1 aromatic heterocycles. The molecule has 9 heteroatoms. The van der Waals surface area contributed by atoms with Crippen molar-refractivity contribution in [2.45, 2.75) is 32.1 Å².